The van der Waals surface area contributed by atoms with E-state index in [1.54, 1.807) is 12.4 Å². The lowest BCUT2D eigenvalue weighted by Gasteiger charge is -2.28. The van der Waals surface area contributed by atoms with Crippen LogP contribution in [0.25, 0.3) is 10.6 Å². The summed E-state index contributed by atoms with van der Waals surface area (Å²) in [5.74, 6) is 0. The van der Waals surface area contributed by atoms with Gasteiger partial charge in [0.05, 0.1) is 10.6 Å². The van der Waals surface area contributed by atoms with Gasteiger partial charge in [-0.3, -0.25) is 0 Å². The smallest absolute Gasteiger partial charge is 0.317 e. The fourth-order valence-electron chi connectivity index (χ4n) is 2.19. The van der Waals surface area contributed by atoms with Crippen LogP contribution in [0, 0.1) is 0 Å². The van der Waals surface area contributed by atoms with Crippen LogP contribution in [-0.2, 0) is 0 Å². The molecule has 0 aromatic carbocycles. The van der Waals surface area contributed by atoms with Crippen LogP contribution in [-0.4, -0.2) is 46.1 Å². The van der Waals surface area contributed by atoms with E-state index in [0.29, 0.717) is 11.1 Å². The van der Waals surface area contributed by atoms with Gasteiger partial charge in [0.15, 0.2) is 5.13 Å². The number of nitrogens with zero attached hydrogens (tertiary/aromatic N) is 4. The summed E-state index contributed by atoms with van der Waals surface area (Å²) in [7, 11) is 2.13. The molecule has 7 heteroatoms. The lowest BCUT2D eigenvalue weighted by molar-refractivity contribution is 0.105. The number of nitrogens with two attached hydrogens (primary N) is 1. The minimum absolute atomic E-state index is 0.202. The number of ether oxygens (including phenoxy) is 1. The minimum atomic E-state index is 0.202. The van der Waals surface area contributed by atoms with Crippen molar-refractivity contribution in [2.24, 2.45) is 0 Å². The number of aromatic nitrogens is 3. The average molecular weight is 291 g/mol. The predicted octanol–water partition coefficient (Wildman–Crippen LogP) is 1.66. The third kappa shape index (κ3) is 3.05. The van der Waals surface area contributed by atoms with Crippen molar-refractivity contribution in [1.29, 1.82) is 0 Å². The van der Waals surface area contributed by atoms with Crippen LogP contribution in [0.3, 0.4) is 0 Å². The summed E-state index contributed by atoms with van der Waals surface area (Å²) in [5.41, 5.74) is 6.45. The molecule has 3 heterocycles. The van der Waals surface area contributed by atoms with Crippen molar-refractivity contribution in [3.8, 4) is 16.6 Å². The monoisotopic (exact) mass is 291 g/mol. The molecule has 3 rings (SSSR count). The lowest BCUT2D eigenvalue weighted by Crippen LogP contribution is -2.35. The summed E-state index contributed by atoms with van der Waals surface area (Å²) in [4.78, 5) is 15.9. The average Bonchev–Trinajstić information content (AvgIpc) is 2.89. The molecule has 2 N–H and O–H groups in total. The molecule has 0 unspecified atom stereocenters. The predicted molar refractivity (Wildman–Crippen MR) is 78.7 cm³/mol. The van der Waals surface area contributed by atoms with Gasteiger partial charge in [0.25, 0.3) is 0 Å². The topological polar surface area (TPSA) is 77.2 Å². The minimum Gasteiger partial charge on any atom is -0.460 e. The van der Waals surface area contributed by atoms with Crippen molar-refractivity contribution in [3.05, 3.63) is 18.5 Å². The summed E-state index contributed by atoms with van der Waals surface area (Å²) in [5, 5.41) is 0.538. The lowest BCUT2D eigenvalue weighted by atomic mass is 10.1. The maximum atomic E-state index is 5.88. The normalized spacial score (nSPS) is 17.2. The zero-order valence-electron chi connectivity index (χ0n) is 11.3. The summed E-state index contributed by atoms with van der Waals surface area (Å²) in [6.07, 6.45) is 5.66. The second-order valence-electron chi connectivity index (χ2n) is 4.91. The van der Waals surface area contributed by atoms with Gasteiger partial charge in [0.2, 0.25) is 0 Å². The van der Waals surface area contributed by atoms with Gasteiger partial charge < -0.3 is 15.4 Å². The van der Waals surface area contributed by atoms with Gasteiger partial charge >= 0.3 is 6.01 Å². The maximum absolute atomic E-state index is 5.88. The quantitative estimate of drug-likeness (QED) is 0.926. The number of piperidine rings is 1. The van der Waals surface area contributed by atoms with E-state index in [4.69, 9.17) is 10.5 Å². The molecule has 0 radical (unpaired) electrons. The second kappa shape index (κ2) is 5.72. The summed E-state index contributed by atoms with van der Waals surface area (Å²) >= 11 is 1.41. The van der Waals surface area contributed by atoms with Gasteiger partial charge in [-0.15, -0.1) is 0 Å². The Bertz CT molecular complexity index is 580. The van der Waals surface area contributed by atoms with Gasteiger partial charge in [-0.2, -0.15) is 4.98 Å². The van der Waals surface area contributed by atoms with Crippen LogP contribution in [0.15, 0.2) is 18.5 Å². The van der Waals surface area contributed by atoms with Gasteiger partial charge in [-0.1, -0.05) is 11.3 Å². The van der Waals surface area contributed by atoms with Crippen molar-refractivity contribution >= 4 is 16.5 Å². The number of nitrogen functional groups attached to an aromatic ring is 1. The van der Waals surface area contributed by atoms with Crippen LogP contribution in [0.5, 0.6) is 6.01 Å². The van der Waals surface area contributed by atoms with Crippen molar-refractivity contribution in [2.75, 3.05) is 25.9 Å². The van der Waals surface area contributed by atoms with Gasteiger partial charge in [0.1, 0.15) is 6.10 Å². The summed E-state index contributed by atoms with van der Waals surface area (Å²) < 4.78 is 5.88. The number of likely N-dealkylation sites (tertiary alicyclic amines) is 1. The highest BCUT2D eigenvalue weighted by Gasteiger charge is 2.19. The fraction of sp³-hybridized carbons (Fsp3) is 0.462. The Balaban J connectivity index is 1.71. The number of hydrogen-bond donors (Lipinski definition) is 1. The second-order valence-corrected chi connectivity index (χ2v) is 5.97. The fourth-order valence-corrected chi connectivity index (χ4v) is 2.85. The Kier molecular flexibility index (Phi) is 3.79. The number of anilines is 1. The Morgan fingerprint density at radius 1 is 1.35 bits per heavy atom. The SMILES string of the molecule is CN1CCC(Oc2nccc(-c3cnc(N)s3)n2)CC1. The van der Waals surface area contributed by atoms with Crippen LogP contribution in [0.4, 0.5) is 5.13 Å². The number of hydrogen-bond acceptors (Lipinski definition) is 7. The highest BCUT2D eigenvalue weighted by atomic mass is 32.1. The molecule has 0 bridgehead atoms. The molecule has 0 saturated carbocycles. The number of rotatable bonds is 3. The molecule has 0 amide bonds. The van der Waals surface area contributed by atoms with E-state index in [-0.39, 0.29) is 6.10 Å². The van der Waals surface area contributed by atoms with Crippen LogP contribution < -0.4 is 10.5 Å². The molecular formula is C13H17N5OS. The van der Waals surface area contributed by atoms with Gasteiger partial charge in [-0.05, 0) is 26.0 Å². The van der Waals surface area contributed by atoms with Gasteiger partial charge in [0, 0.05) is 25.5 Å². The first-order valence-electron chi connectivity index (χ1n) is 6.60. The molecule has 1 fully saturated rings. The Hall–Kier alpha value is -1.73. The molecule has 20 heavy (non-hydrogen) atoms. The van der Waals surface area contributed by atoms with Crippen LogP contribution in [0.2, 0.25) is 0 Å². The Morgan fingerprint density at radius 3 is 2.85 bits per heavy atom. The Labute approximate surface area is 121 Å². The summed E-state index contributed by atoms with van der Waals surface area (Å²) in [6.45, 7) is 2.10. The highest BCUT2D eigenvalue weighted by Crippen LogP contribution is 2.26. The molecule has 6 nitrogen and oxygen atoms in total. The molecule has 0 aliphatic carbocycles. The standard InChI is InChI=1S/C13H17N5OS/c1-18-6-3-9(4-7-18)19-13-15-5-2-10(17-13)11-8-16-12(14)20-11/h2,5,8-9H,3-4,6-7H2,1H3,(H2,14,16). The molecule has 0 atom stereocenters. The van der Waals surface area contributed by atoms with Crippen molar-refractivity contribution < 1.29 is 4.74 Å². The molecular weight excluding hydrogens is 274 g/mol. The molecule has 2 aromatic rings. The third-order valence-corrected chi connectivity index (χ3v) is 4.20. The zero-order valence-corrected chi connectivity index (χ0v) is 12.1. The third-order valence-electron chi connectivity index (χ3n) is 3.35. The first-order chi connectivity index (χ1) is 9.70. The largest absolute Gasteiger partial charge is 0.460 e. The van der Waals surface area contributed by atoms with Crippen LogP contribution >= 0.6 is 11.3 Å². The van der Waals surface area contributed by atoms with E-state index in [1.807, 2.05) is 6.07 Å². The molecule has 1 aliphatic rings. The van der Waals surface area contributed by atoms with E-state index in [1.165, 1.54) is 11.3 Å². The molecule has 0 spiro atoms. The van der Waals surface area contributed by atoms with E-state index in [0.717, 1.165) is 36.5 Å². The Morgan fingerprint density at radius 2 is 2.15 bits per heavy atom. The van der Waals surface area contributed by atoms with Crippen molar-refractivity contribution in [2.45, 2.75) is 18.9 Å². The first kappa shape index (κ1) is 13.3. The molecule has 106 valence electrons. The van der Waals surface area contributed by atoms with E-state index in [9.17, 15) is 0 Å². The highest BCUT2D eigenvalue weighted by molar-refractivity contribution is 7.18. The van der Waals surface area contributed by atoms with Gasteiger partial charge in [-0.25, -0.2) is 9.97 Å². The molecule has 1 saturated heterocycles. The number of thiazole rings is 1. The molecule has 1 aliphatic heterocycles. The van der Waals surface area contributed by atoms with E-state index >= 15 is 0 Å². The molecule has 2 aromatic heterocycles. The van der Waals surface area contributed by atoms with Crippen molar-refractivity contribution in [1.82, 2.24) is 19.9 Å². The van der Waals surface area contributed by atoms with Crippen LogP contribution in [0.1, 0.15) is 12.8 Å². The van der Waals surface area contributed by atoms with E-state index in [2.05, 4.69) is 26.9 Å². The first-order valence-corrected chi connectivity index (χ1v) is 7.42. The maximum Gasteiger partial charge on any atom is 0.317 e. The zero-order chi connectivity index (χ0) is 13.9. The summed E-state index contributed by atoms with van der Waals surface area (Å²) in [6, 6.07) is 2.28. The van der Waals surface area contributed by atoms with Crippen molar-refractivity contribution in [3.63, 3.8) is 0 Å². The van der Waals surface area contributed by atoms with E-state index < -0.39 is 0 Å².